The Hall–Kier alpha value is -0.440. The van der Waals surface area contributed by atoms with Gasteiger partial charge >= 0.3 is 0 Å². The lowest BCUT2D eigenvalue weighted by Crippen LogP contribution is -2.04. The zero-order chi connectivity index (χ0) is 9.35. The molecular weight excluding hydrogens is 195 g/mol. The fraction of sp³-hybridized carbons (Fsp3) is 0.143. The van der Waals surface area contributed by atoms with E-state index in [1.54, 1.807) is 6.07 Å². The van der Waals surface area contributed by atoms with E-state index in [1.807, 2.05) is 6.92 Å². The highest BCUT2D eigenvalue weighted by molar-refractivity contribution is 7.85. The maximum absolute atomic E-state index is 10.6. The van der Waals surface area contributed by atoms with Crippen molar-refractivity contribution in [2.75, 3.05) is 0 Å². The second-order valence-electron chi connectivity index (χ2n) is 2.49. The molecule has 1 rings (SSSR count). The lowest BCUT2D eigenvalue weighted by atomic mass is 10.2. The van der Waals surface area contributed by atoms with Gasteiger partial charge in [0.15, 0.2) is 0 Å². The quantitative estimate of drug-likeness (QED) is 0.542. The molecule has 0 bridgehead atoms. The molecule has 5 heteroatoms. The smallest absolute Gasteiger partial charge is 0.282 e. The topological polar surface area (TPSA) is 54.4 Å². The minimum Gasteiger partial charge on any atom is -0.282 e. The van der Waals surface area contributed by atoms with Crippen molar-refractivity contribution < 1.29 is 13.0 Å². The summed E-state index contributed by atoms with van der Waals surface area (Å²) < 4.78 is 30.0. The van der Waals surface area contributed by atoms with Crippen molar-refractivity contribution >= 4 is 24.7 Å². The van der Waals surface area contributed by atoms with Crippen LogP contribution in [0, 0.1) is 6.92 Å². The molecule has 0 fully saturated rings. The van der Waals surface area contributed by atoms with E-state index < -0.39 is 10.1 Å². The molecule has 0 aliphatic rings. The zero-order valence-electron chi connectivity index (χ0n) is 6.48. The highest BCUT2D eigenvalue weighted by atomic mass is 32.2. The molecular formula is C7H9O3PS. The Morgan fingerprint density at radius 3 is 2.42 bits per heavy atom. The van der Waals surface area contributed by atoms with E-state index in [2.05, 4.69) is 9.24 Å². The molecule has 0 spiro atoms. The SMILES string of the molecule is Cc1ccc(S(=O)(=O)O)cc1P. The summed E-state index contributed by atoms with van der Waals surface area (Å²) in [6, 6.07) is 4.43. The van der Waals surface area contributed by atoms with Crippen LogP contribution in [0.25, 0.3) is 0 Å². The first kappa shape index (κ1) is 9.65. The molecule has 66 valence electrons. The summed E-state index contributed by atoms with van der Waals surface area (Å²) >= 11 is 0. The molecule has 0 radical (unpaired) electrons. The first-order valence-corrected chi connectivity index (χ1v) is 5.26. The van der Waals surface area contributed by atoms with Crippen LogP contribution < -0.4 is 5.30 Å². The van der Waals surface area contributed by atoms with Crippen LogP contribution in [0.15, 0.2) is 23.1 Å². The summed E-state index contributed by atoms with van der Waals surface area (Å²) in [5, 5.41) is 0.769. The molecule has 1 aromatic rings. The molecule has 1 aromatic carbocycles. The standard InChI is InChI=1S/C7H9O3PS/c1-5-2-3-6(4-7(5)11)12(8,9)10/h2-4H,11H2,1H3,(H,8,9,10). The van der Waals surface area contributed by atoms with Gasteiger partial charge in [-0.05, 0) is 29.9 Å². The van der Waals surface area contributed by atoms with E-state index >= 15 is 0 Å². The second kappa shape index (κ2) is 3.13. The van der Waals surface area contributed by atoms with Crippen molar-refractivity contribution in [2.45, 2.75) is 11.8 Å². The number of hydrogen-bond acceptors (Lipinski definition) is 2. The third kappa shape index (κ3) is 2.03. The van der Waals surface area contributed by atoms with Crippen molar-refractivity contribution in [1.82, 2.24) is 0 Å². The van der Waals surface area contributed by atoms with E-state index in [9.17, 15) is 8.42 Å². The number of benzene rings is 1. The maximum atomic E-state index is 10.6. The minimum atomic E-state index is -4.06. The highest BCUT2D eigenvalue weighted by Gasteiger charge is 2.09. The Kier molecular flexibility index (Phi) is 2.52. The van der Waals surface area contributed by atoms with Crippen molar-refractivity contribution in [2.24, 2.45) is 0 Å². The van der Waals surface area contributed by atoms with Crippen LogP contribution in [-0.2, 0) is 10.1 Å². The Bertz CT molecular complexity index is 397. The van der Waals surface area contributed by atoms with Crippen molar-refractivity contribution in [3.05, 3.63) is 23.8 Å². The normalized spacial score (nSPS) is 11.6. The molecule has 0 aliphatic carbocycles. The Morgan fingerprint density at radius 2 is 2.00 bits per heavy atom. The summed E-state index contributed by atoms with van der Waals surface area (Å²) in [6.45, 7) is 1.86. The van der Waals surface area contributed by atoms with Crippen LogP contribution in [0.5, 0.6) is 0 Å². The van der Waals surface area contributed by atoms with Crippen molar-refractivity contribution in [3.8, 4) is 0 Å². The van der Waals surface area contributed by atoms with Gasteiger partial charge in [-0.15, -0.1) is 9.24 Å². The van der Waals surface area contributed by atoms with Crippen molar-refractivity contribution in [1.29, 1.82) is 0 Å². The molecule has 0 saturated heterocycles. The monoisotopic (exact) mass is 204 g/mol. The molecule has 0 aliphatic heterocycles. The summed E-state index contributed by atoms with van der Waals surface area (Å²) in [7, 11) is -1.65. The van der Waals surface area contributed by atoms with E-state index in [-0.39, 0.29) is 4.90 Å². The largest absolute Gasteiger partial charge is 0.294 e. The average Bonchev–Trinajstić information content (AvgIpc) is 1.92. The Morgan fingerprint density at radius 1 is 1.42 bits per heavy atom. The molecule has 12 heavy (non-hydrogen) atoms. The van der Waals surface area contributed by atoms with E-state index in [4.69, 9.17) is 4.55 Å². The molecule has 1 N–H and O–H groups in total. The summed E-state index contributed by atoms with van der Waals surface area (Å²) in [4.78, 5) is -0.0712. The van der Waals surface area contributed by atoms with Gasteiger partial charge in [0.25, 0.3) is 10.1 Å². The summed E-state index contributed by atoms with van der Waals surface area (Å²) in [6.07, 6.45) is 0. The predicted octanol–water partition coefficient (Wildman–Crippen LogP) is 0.742. The van der Waals surface area contributed by atoms with Crippen LogP contribution in [0.4, 0.5) is 0 Å². The first-order chi connectivity index (χ1) is 5.41. The van der Waals surface area contributed by atoms with Gasteiger partial charge in [-0.3, -0.25) is 4.55 Å². The Balaban J connectivity index is 3.33. The summed E-state index contributed by atoms with van der Waals surface area (Å²) in [5.74, 6) is 0. The van der Waals surface area contributed by atoms with Crippen molar-refractivity contribution in [3.63, 3.8) is 0 Å². The van der Waals surface area contributed by atoms with Gasteiger partial charge in [-0.25, -0.2) is 0 Å². The third-order valence-electron chi connectivity index (χ3n) is 1.55. The Labute approximate surface area is 73.8 Å². The van der Waals surface area contributed by atoms with Crippen LogP contribution >= 0.6 is 9.24 Å². The number of hydrogen-bond donors (Lipinski definition) is 1. The van der Waals surface area contributed by atoms with E-state index in [0.717, 1.165) is 10.9 Å². The summed E-state index contributed by atoms with van der Waals surface area (Å²) in [5.41, 5.74) is 0.965. The van der Waals surface area contributed by atoms with Crippen LogP contribution in [0.1, 0.15) is 5.56 Å². The highest BCUT2D eigenvalue weighted by Crippen LogP contribution is 2.09. The van der Waals surface area contributed by atoms with Crippen LogP contribution in [0.3, 0.4) is 0 Å². The molecule has 1 atom stereocenters. The van der Waals surface area contributed by atoms with Crippen LogP contribution in [-0.4, -0.2) is 13.0 Å². The minimum absolute atomic E-state index is 0.0712. The van der Waals surface area contributed by atoms with Gasteiger partial charge in [0.1, 0.15) is 0 Å². The second-order valence-corrected chi connectivity index (χ2v) is 4.54. The zero-order valence-corrected chi connectivity index (χ0v) is 8.45. The number of rotatable bonds is 1. The molecule has 0 heterocycles. The van der Waals surface area contributed by atoms with Gasteiger partial charge in [0.05, 0.1) is 4.90 Å². The maximum Gasteiger partial charge on any atom is 0.294 e. The predicted molar refractivity (Wildman–Crippen MR) is 50.3 cm³/mol. The first-order valence-electron chi connectivity index (χ1n) is 3.25. The molecule has 1 unspecified atom stereocenters. The van der Waals surface area contributed by atoms with E-state index in [0.29, 0.717) is 0 Å². The molecule has 0 aromatic heterocycles. The molecule has 3 nitrogen and oxygen atoms in total. The number of aryl methyl sites for hydroxylation is 1. The van der Waals surface area contributed by atoms with Crippen LogP contribution in [0.2, 0.25) is 0 Å². The molecule has 0 amide bonds. The lowest BCUT2D eigenvalue weighted by molar-refractivity contribution is 0.483. The van der Waals surface area contributed by atoms with Gasteiger partial charge in [-0.1, -0.05) is 6.07 Å². The lowest BCUT2D eigenvalue weighted by Gasteiger charge is -2.01. The van der Waals surface area contributed by atoms with Gasteiger partial charge in [-0.2, -0.15) is 8.42 Å². The van der Waals surface area contributed by atoms with E-state index in [1.165, 1.54) is 12.1 Å². The van der Waals surface area contributed by atoms with Gasteiger partial charge in [0.2, 0.25) is 0 Å². The fourth-order valence-electron chi connectivity index (χ4n) is 0.779. The van der Waals surface area contributed by atoms with Gasteiger partial charge < -0.3 is 0 Å². The fourth-order valence-corrected chi connectivity index (χ4v) is 1.69. The third-order valence-corrected chi connectivity index (χ3v) is 3.02. The molecule has 0 saturated carbocycles. The average molecular weight is 204 g/mol. The van der Waals surface area contributed by atoms with Gasteiger partial charge in [0, 0.05) is 0 Å².